The number of aryl methyl sites for hydroxylation is 3. The summed E-state index contributed by atoms with van der Waals surface area (Å²) in [5, 5.41) is 7.57. The van der Waals surface area contributed by atoms with Crippen molar-refractivity contribution in [2.75, 3.05) is 5.32 Å². The lowest BCUT2D eigenvalue weighted by molar-refractivity contribution is 0.756. The maximum absolute atomic E-state index is 4.26. The van der Waals surface area contributed by atoms with Gasteiger partial charge in [0, 0.05) is 18.9 Å². The molecule has 0 aromatic carbocycles. The van der Waals surface area contributed by atoms with Crippen molar-refractivity contribution in [3.63, 3.8) is 0 Å². The number of aromatic nitrogens is 4. The van der Waals surface area contributed by atoms with Crippen LogP contribution in [0.15, 0.2) is 12.5 Å². The van der Waals surface area contributed by atoms with Gasteiger partial charge in [-0.3, -0.25) is 4.68 Å². The van der Waals surface area contributed by atoms with Gasteiger partial charge in [-0.2, -0.15) is 5.10 Å². The van der Waals surface area contributed by atoms with E-state index < -0.39 is 0 Å². The molecule has 2 aromatic rings. The summed E-state index contributed by atoms with van der Waals surface area (Å²) in [5.41, 5.74) is 4.20. The van der Waals surface area contributed by atoms with E-state index in [1.54, 1.807) is 11.0 Å². The van der Waals surface area contributed by atoms with Crippen molar-refractivity contribution in [3.05, 3.63) is 29.6 Å². The first-order valence-electron chi connectivity index (χ1n) is 4.90. The molecule has 2 rings (SSSR count). The van der Waals surface area contributed by atoms with Crippen molar-refractivity contribution in [1.82, 2.24) is 19.7 Å². The van der Waals surface area contributed by atoms with E-state index in [2.05, 4.69) is 20.4 Å². The van der Waals surface area contributed by atoms with E-state index in [0.717, 1.165) is 29.3 Å². The van der Waals surface area contributed by atoms with Gasteiger partial charge in [-0.15, -0.1) is 0 Å². The zero-order valence-corrected chi connectivity index (χ0v) is 9.20. The third-order valence-electron chi connectivity index (χ3n) is 2.39. The molecule has 0 bridgehead atoms. The summed E-state index contributed by atoms with van der Waals surface area (Å²) in [6.07, 6.45) is 3.68. The van der Waals surface area contributed by atoms with Gasteiger partial charge in [0.1, 0.15) is 0 Å². The minimum atomic E-state index is 0.724. The molecule has 15 heavy (non-hydrogen) atoms. The number of nitrogens with zero attached hydrogens (tertiary/aromatic N) is 3. The lowest BCUT2D eigenvalue weighted by Gasteiger charge is -2.02. The Bertz CT molecular complexity index is 454. The Morgan fingerprint density at radius 3 is 2.80 bits per heavy atom. The molecule has 0 aliphatic rings. The van der Waals surface area contributed by atoms with Gasteiger partial charge in [0.25, 0.3) is 0 Å². The summed E-state index contributed by atoms with van der Waals surface area (Å²) in [6, 6.07) is 0. The average molecular weight is 205 g/mol. The van der Waals surface area contributed by atoms with Crippen LogP contribution in [-0.4, -0.2) is 19.7 Å². The molecular weight excluding hydrogens is 190 g/mol. The molecule has 0 aliphatic carbocycles. The van der Waals surface area contributed by atoms with Crippen molar-refractivity contribution in [1.29, 1.82) is 0 Å². The van der Waals surface area contributed by atoms with Crippen LogP contribution in [0.1, 0.15) is 17.1 Å². The zero-order valence-electron chi connectivity index (χ0n) is 9.20. The van der Waals surface area contributed by atoms with Gasteiger partial charge in [0.2, 0.25) is 0 Å². The Hall–Kier alpha value is -1.78. The molecule has 5 nitrogen and oxygen atoms in total. The fourth-order valence-corrected chi connectivity index (χ4v) is 1.52. The van der Waals surface area contributed by atoms with E-state index in [4.69, 9.17) is 0 Å². The monoisotopic (exact) mass is 205 g/mol. The second-order valence-electron chi connectivity index (χ2n) is 3.63. The van der Waals surface area contributed by atoms with E-state index >= 15 is 0 Å². The molecule has 0 unspecified atom stereocenters. The average Bonchev–Trinajstić information content (AvgIpc) is 2.70. The summed E-state index contributed by atoms with van der Waals surface area (Å²) in [5.74, 6) is 0. The standard InChI is InChI=1S/C10H15N5/c1-7-9(13-6-12-7)4-11-10-5-15(3)14-8(10)2/h5-6,11H,4H2,1-3H3,(H,12,13). The molecule has 2 N–H and O–H groups in total. The van der Waals surface area contributed by atoms with E-state index in [0.29, 0.717) is 0 Å². The highest BCUT2D eigenvalue weighted by Gasteiger charge is 2.04. The first kappa shape index (κ1) is 9.76. The Morgan fingerprint density at radius 2 is 2.27 bits per heavy atom. The SMILES string of the molecule is Cc1nn(C)cc1NCc1nc[nH]c1C. The van der Waals surface area contributed by atoms with Crippen molar-refractivity contribution in [3.8, 4) is 0 Å². The number of H-pyrrole nitrogens is 1. The van der Waals surface area contributed by atoms with E-state index in [1.165, 1.54) is 0 Å². The van der Waals surface area contributed by atoms with Crippen LogP contribution < -0.4 is 5.32 Å². The molecule has 0 saturated carbocycles. The van der Waals surface area contributed by atoms with Gasteiger partial charge in [-0.05, 0) is 13.8 Å². The molecule has 2 aromatic heterocycles. The number of hydrogen-bond acceptors (Lipinski definition) is 3. The Labute approximate surface area is 88.5 Å². The van der Waals surface area contributed by atoms with Gasteiger partial charge in [0.05, 0.1) is 29.9 Å². The van der Waals surface area contributed by atoms with Crippen LogP contribution in [0.5, 0.6) is 0 Å². The van der Waals surface area contributed by atoms with Crippen LogP contribution in [-0.2, 0) is 13.6 Å². The minimum Gasteiger partial charge on any atom is -0.377 e. The first-order chi connectivity index (χ1) is 7.16. The molecule has 0 aliphatic heterocycles. The molecule has 0 saturated heterocycles. The topological polar surface area (TPSA) is 58.5 Å². The highest BCUT2D eigenvalue weighted by molar-refractivity contribution is 5.45. The number of nitrogens with one attached hydrogen (secondary N) is 2. The van der Waals surface area contributed by atoms with Crippen LogP contribution in [0.4, 0.5) is 5.69 Å². The zero-order chi connectivity index (χ0) is 10.8. The van der Waals surface area contributed by atoms with Crippen LogP contribution >= 0.6 is 0 Å². The number of aromatic amines is 1. The fourth-order valence-electron chi connectivity index (χ4n) is 1.52. The molecule has 80 valence electrons. The fraction of sp³-hybridized carbons (Fsp3) is 0.400. The highest BCUT2D eigenvalue weighted by atomic mass is 15.3. The molecule has 0 fully saturated rings. The number of rotatable bonds is 3. The van der Waals surface area contributed by atoms with Crippen molar-refractivity contribution in [2.24, 2.45) is 7.05 Å². The molecule has 2 heterocycles. The summed E-state index contributed by atoms with van der Waals surface area (Å²) >= 11 is 0. The van der Waals surface area contributed by atoms with Gasteiger partial charge in [0.15, 0.2) is 0 Å². The van der Waals surface area contributed by atoms with Crippen LogP contribution in [0, 0.1) is 13.8 Å². The molecule has 0 radical (unpaired) electrons. The maximum atomic E-state index is 4.26. The first-order valence-corrected chi connectivity index (χ1v) is 4.90. The number of anilines is 1. The summed E-state index contributed by atoms with van der Waals surface area (Å²) < 4.78 is 1.80. The largest absolute Gasteiger partial charge is 0.377 e. The summed E-state index contributed by atoms with van der Waals surface area (Å²) in [6.45, 7) is 4.72. The Morgan fingerprint density at radius 1 is 1.47 bits per heavy atom. The molecule has 0 spiro atoms. The highest BCUT2D eigenvalue weighted by Crippen LogP contribution is 2.13. The Balaban J connectivity index is 2.05. The summed E-state index contributed by atoms with van der Waals surface area (Å²) in [7, 11) is 1.91. The predicted octanol–water partition coefficient (Wildman–Crippen LogP) is 1.37. The third kappa shape index (κ3) is 2.01. The van der Waals surface area contributed by atoms with Crippen LogP contribution in [0.2, 0.25) is 0 Å². The van der Waals surface area contributed by atoms with Crippen molar-refractivity contribution in [2.45, 2.75) is 20.4 Å². The lowest BCUT2D eigenvalue weighted by Crippen LogP contribution is -2.01. The van der Waals surface area contributed by atoms with Crippen LogP contribution in [0.25, 0.3) is 0 Å². The normalized spacial score (nSPS) is 10.6. The maximum Gasteiger partial charge on any atom is 0.0925 e. The Kier molecular flexibility index (Phi) is 2.45. The van der Waals surface area contributed by atoms with Gasteiger partial charge >= 0.3 is 0 Å². The molecule has 5 heteroatoms. The van der Waals surface area contributed by atoms with Gasteiger partial charge in [-0.1, -0.05) is 0 Å². The second kappa shape index (κ2) is 3.76. The van der Waals surface area contributed by atoms with Crippen molar-refractivity contribution < 1.29 is 0 Å². The summed E-state index contributed by atoms with van der Waals surface area (Å²) in [4.78, 5) is 7.27. The van der Waals surface area contributed by atoms with E-state index in [1.807, 2.05) is 27.1 Å². The predicted molar refractivity (Wildman–Crippen MR) is 58.6 cm³/mol. The van der Waals surface area contributed by atoms with Crippen LogP contribution in [0.3, 0.4) is 0 Å². The molecular formula is C10H15N5. The quantitative estimate of drug-likeness (QED) is 0.795. The minimum absolute atomic E-state index is 0.724. The third-order valence-corrected chi connectivity index (χ3v) is 2.39. The van der Waals surface area contributed by atoms with Crippen molar-refractivity contribution >= 4 is 5.69 Å². The van der Waals surface area contributed by atoms with Gasteiger partial charge < -0.3 is 10.3 Å². The molecule has 0 amide bonds. The number of hydrogen-bond donors (Lipinski definition) is 2. The van der Waals surface area contributed by atoms with Gasteiger partial charge in [-0.25, -0.2) is 4.98 Å². The van der Waals surface area contributed by atoms with E-state index in [9.17, 15) is 0 Å². The van der Waals surface area contributed by atoms with E-state index in [-0.39, 0.29) is 0 Å². The lowest BCUT2D eigenvalue weighted by atomic mass is 10.3. The second-order valence-corrected chi connectivity index (χ2v) is 3.63. The molecule has 0 atom stereocenters. The number of imidazole rings is 1. The smallest absolute Gasteiger partial charge is 0.0925 e.